The molecule has 4 rings (SSSR count). The Bertz CT molecular complexity index is 727. The number of piperidine rings is 2. The highest BCUT2D eigenvalue weighted by molar-refractivity contribution is 5.81. The molecule has 29 heavy (non-hydrogen) atoms. The van der Waals surface area contributed by atoms with Gasteiger partial charge in [0.1, 0.15) is 5.82 Å². The van der Waals surface area contributed by atoms with Crippen molar-refractivity contribution in [2.75, 3.05) is 44.2 Å². The van der Waals surface area contributed by atoms with Gasteiger partial charge in [-0.1, -0.05) is 6.07 Å². The molecular formula is C22H34N6O. The van der Waals surface area contributed by atoms with Crippen LogP contribution in [0.25, 0.3) is 0 Å². The van der Waals surface area contributed by atoms with E-state index in [0.29, 0.717) is 13.0 Å². The fourth-order valence-corrected chi connectivity index (χ4v) is 4.84. The van der Waals surface area contributed by atoms with E-state index in [2.05, 4.69) is 44.5 Å². The predicted molar refractivity (Wildman–Crippen MR) is 116 cm³/mol. The molecule has 3 aliphatic heterocycles. The van der Waals surface area contributed by atoms with Gasteiger partial charge < -0.3 is 20.4 Å². The van der Waals surface area contributed by atoms with E-state index in [1.807, 2.05) is 6.20 Å². The van der Waals surface area contributed by atoms with E-state index < -0.39 is 0 Å². The van der Waals surface area contributed by atoms with Gasteiger partial charge in [-0.2, -0.15) is 0 Å². The van der Waals surface area contributed by atoms with Crippen molar-refractivity contribution in [3.63, 3.8) is 0 Å². The summed E-state index contributed by atoms with van der Waals surface area (Å²) in [4.78, 5) is 26.1. The molecule has 7 nitrogen and oxygen atoms in total. The molecule has 0 aromatic carbocycles. The zero-order valence-electron chi connectivity index (χ0n) is 17.6. The molecule has 3 fully saturated rings. The highest BCUT2D eigenvalue weighted by Crippen LogP contribution is 2.36. The molecule has 2 N–H and O–H groups in total. The van der Waals surface area contributed by atoms with Crippen LogP contribution in [0.1, 0.15) is 51.0 Å². The first-order valence-electron chi connectivity index (χ1n) is 11.2. The van der Waals surface area contributed by atoms with Gasteiger partial charge in [0, 0.05) is 57.3 Å². The number of aromatic nitrogens is 1. The summed E-state index contributed by atoms with van der Waals surface area (Å²) >= 11 is 0. The minimum absolute atomic E-state index is 0.0726. The van der Waals surface area contributed by atoms with E-state index in [1.54, 1.807) is 0 Å². The molecule has 158 valence electrons. The van der Waals surface area contributed by atoms with Crippen molar-refractivity contribution in [1.82, 2.24) is 20.5 Å². The second kappa shape index (κ2) is 9.01. The van der Waals surface area contributed by atoms with Crippen molar-refractivity contribution in [3.05, 3.63) is 23.9 Å². The quantitative estimate of drug-likeness (QED) is 0.601. The van der Waals surface area contributed by atoms with Gasteiger partial charge in [0.05, 0.1) is 6.54 Å². The Balaban J connectivity index is 1.41. The summed E-state index contributed by atoms with van der Waals surface area (Å²) in [6.07, 6.45) is 8.68. The predicted octanol–water partition coefficient (Wildman–Crippen LogP) is 2.14. The molecular weight excluding hydrogens is 364 g/mol. The summed E-state index contributed by atoms with van der Waals surface area (Å²) < 4.78 is 0. The van der Waals surface area contributed by atoms with E-state index in [1.165, 1.54) is 19.3 Å². The lowest BCUT2D eigenvalue weighted by molar-refractivity contribution is -0.119. The van der Waals surface area contributed by atoms with Crippen LogP contribution >= 0.6 is 0 Å². The van der Waals surface area contributed by atoms with Crippen LogP contribution in [-0.4, -0.2) is 61.0 Å². The molecule has 1 unspecified atom stereocenters. The van der Waals surface area contributed by atoms with Crippen molar-refractivity contribution in [2.24, 2.45) is 10.4 Å². The number of likely N-dealkylation sites (tertiary alicyclic amines) is 1. The molecule has 1 spiro atoms. The number of pyridine rings is 1. The fourth-order valence-electron chi connectivity index (χ4n) is 4.84. The summed E-state index contributed by atoms with van der Waals surface area (Å²) in [5, 5.41) is 6.47. The highest BCUT2D eigenvalue weighted by atomic mass is 16.1. The van der Waals surface area contributed by atoms with Gasteiger partial charge in [-0.15, -0.1) is 0 Å². The summed E-state index contributed by atoms with van der Waals surface area (Å²) in [5.74, 6) is 2.22. The number of hydrogen-bond acceptors (Lipinski definition) is 4. The van der Waals surface area contributed by atoms with Crippen molar-refractivity contribution in [1.29, 1.82) is 0 Å². The van der Waals surface area contributed by atoms with E-state index in [4.69, 9.17) is 4.99 Å². The van der Waals surface area contributed by atoms with Crippen LogP contribution < -0.4 is 15.5 Å². The van der Waals surface area contributed by atoms with E-state index in [0.717, 1.165) is 69.5 Å². The summed E-state index contributed by atoms with van der Waals surface area (Å²) in [6, 6.07) is 4.29. The minimum Gasteiger partial charge on any atom is -0.357 e. The number of anilines is 1. The van der Waals surface area contributed by atoms with E-state index in [9.17, 15) is 4.79 Å². The Labute approximate surface area is 174 Å². The summed E-state index contributed by atoms with van der Waals surface area (Å²) in [6.45, 7) is 8.47. The largest absolute Gasteiger partial charge is 0.357 e. The van der Waals surface area contributed by atoms with Crippen LogP contribution in [0.4, 0.5) is 5.82 Å². The zero-order valence-corrected chi connectivity index (χ0v) is 17.6. The van der Waals surface area contributed by atoms with Crippen LogP contribution in [0.2, 0.25) is 0 Å². The lowest BCUT2D eigenvalue weighted by Gasteiger charge is -2.40. The molecule has 7 heteroatoms. The monoisotopic (exact) mass is 398 g/mol. The second-order valence-electron chi connectivity index (χ2n) is 8.72. The number of carbonyl (C=O) groups excluding carboxylic acids is 1. The second-order valence-corrected chi connectivity index (χ2v) is 8.72. The minimum atomic E-state index is 0.0726. The van der Waals surface area contributed by atoms with E-state index >= 15 is 0 Å². The number of nitrogens with one attached hydrogen (secondary N) is 2. The van der Waals surface area contributed by atoms with Crippen molar-refractivity contribution < 1.29 is 4.79 Å². The van der Waals surface area contributed by atoms with Crippen LogP contribution in [0.3, 0.4) is 0 Å². The first-order valence-corrected chi connectivity index (χ1v) is 11.2. The average molecular weight is 399 g/mol. The Morgan fingerprint density at radius 1 is 1.24 bits per heavy atom. The number of rotatable bonds is 4. The topological polar surface area (TPSA) is 72.9 Å². The smallest absolute Gasteiger partial charge is 0.220 e. The number of aliphatic imine (C=N–C) groups is 1. The molecule has 1 atom stereocenters. The zero-order chi connectivity index (χ0) is 20.1. The van der Waals surface area contributed by atoms with Gasteiger partial charge in [-0.3, -0.25) is 4.79 Å². The van der Waals surface area contributed by atoms with Crippen LogP contribution in [0.5, 0.6) is 0 Å². The average Bonchev–Trinajstić information content (AvgIpc) is 3.11. The Kier molecular flexibility index (Phi) is 6.21. The molecule has 0 bridgehead atoms. The van der Waals surface area contributed by atoms with Crippen molar-refractivity contribution in [3.8, 4) is 0 Å². The molecule has 0 aliphatic carbocycles. The third-order valence-electron chi connectivity index (χ3n) is 6.39. The molecule has 3 saturated heterocycles. The van der Waals surface area contributed by atoms with Gasteiger partial charge in [0.2, 0.25) is 5.91 Å². The number of guanidine groups is 1. The highest BCUT2D eigenvalue weighted by Gasteiger charge is 2.42. The molecule has 4 heterocycles. The standard InChI is InChI=1S/C22H34N6O/c1-2-23-21(28-12-6-9-22(17-28)13-20(29)26-16-22)25-15-18-7-8-19(24-14-18)27-10-4-3-5-11-27/h7-8,14H,2-6,9-13,15-17H2,1H3,(H,23,25)(H,26,29). The van der Waals surface area contributed by atoms with Gasteiger partial charge >= 0.3 is 0 Å². The van der Waals surface area contributed by atoms with Gasteiger partial charge in [0.15, 0.2) is 5.96 Å². The molecule has 1 aromatic heterocycles. The fraction of sp³-hybridized carbons (Fsp3) is 0.682. The summed E-state index contributed by atoms with van der Waals surface area (Å²) in [5.41, 5.74) is 1.20. The maximum Gasteiger partial charge on any atom is 0.220 e. The normalized spacial score (nSPS) is 25.4. The van der Waals surface area contributed by atoms with Crippen LogP contribution in [-0.2, 0) is 11.3 Å². The molecule has 0 saturated carbocycles. The molecule has 1 aromatic rings. The van der Waals surface area contributed by atoms with Crippen molar-refractivity contribution in [2.45, 2.75) is 52.0 Å². The first kappa shape index (κ1) is 20.0. The number of amides is 1. The van der Waals surface area contributed by atoms with Gasteiger partial charge in [-0.25, -0.2) is 9.98 Å². The third kappa shape index (κ3) is 4.82. The Hall–Kier alpha value is -2.31. The first-order chi connectivity index (χ1) is 14.2. The van der Waals surface area contributed by atoms with Crippen LogP contribution in [0, 0.1) is 5.41 Å². The molecule has 0 radical (unpaired) electrons. The summed E-state index contributed by atoms with van der Waals surface area (Å²) in [7, 11) is 0. The Morgan fingerprint density at radius 3 is 2.79 bits per heavy atom. The number of nitrogens with zero attached hydrogens (tertiary/aromatic N) is 4. The Morgan fingerprint density at radius 2 is 2.10 bits per heavy atom. The van der Waals surface area contributed by atoms with Gasteiger partial charge in [-0.05, 0) is 50.7 Å². The maximum atomic E-state index is 11.8. The van der Waals surface area contributed by atoms with Gasteiger partial charge in [0.25, 0.3) is 0 Å². The number of carbonyl (C=O) groups is 1. The van der Waals surface area contributed by atoms with E-state index in [-0.39, 0.29) is 11.3 Å². The van der Waals surface area contributed by atoms with Crippen molar-refractivity contribution >= 4 is 17.7 Å². The lowest BCUT2D eigenvalue weighted by atomic mass is 9.79. The molecule has 3 aliphatic rings. The lowest BCUT2D eigenvalue weighted by Crippen LogP contribution is -2.51. The maximum absolute atomic E-state index is 11.8. The van der Waals surface area contributed by atoms with Crippen LogP contribution in [0.15, 0.2) is 23.3 Å². The SMILES string of the molecule is CCNC(=NCc1ccc(N2CCCCC2)nc1)N1CCCC2(CNC(=O)C2)C1. The number of hydrogen-bond donors (Lipinski definition) is 2. The third-order valence-corrected chi connectivity index (χ3v) is 6.39. The molecule has 1 amide bonds.